The minimum absolute atomic E-state index is 0. The topological polar surface area (TPSA) is 0 Å². The maximum Gasteiger partial charge on any atom is 0 e. The molecule has 0 radical (unpaired) electrons. The second-order valence-electron chi connectivity index (χ2n) is 2.15. The molecule has 1 aromatic rings. The van der Waals surface area contributed by atoms with Crippen molar-refractivity contribution in [2.45, 2.75) is 6.92 Å². The average Bonchev–Trinajstić information content (AvgIpc) is 1.90. The van der Waals surface area contributed by atoms with Crippen molar-refractivity contribution in [3.8, 4) is 0 Å². The number of rotatable bonds is 1. The Morgan fingerprint density at radius 3 is 2.22 bits per heavy atom. The molecule has 0 aliphatic heterocycles. The summed E-state index contributed by atoms with van der Waals surface area (Å²) >= 11 is 0. The van der Waals surface area contributed by atoms with E-state index in [2.05, 4.69) is 18.7 Å². The molecule has 0 atom stereocenters. The lowest BCUT2D eigenvalue weighted by Crippen LogP contribution is -1.72. The average molecular weight is 120 g/mol. The van der Waals surface area contributed by atoms with Gasteiger partial charge in [0, 0.05) is 1.43 Å². The number of hydrogen-bond donors (Lipinski definition) is 0. The molecule has 0 heteroatoms. The largest absolute Gasteiger partial charge is 0.0955 e. The fourth-order valence-corrected chi connectivity index (χ4v) is 0.723. The van der Waals surface area contributed by atoms with E-state index in [9.17, 15) is 0 Å². The standard InChI is InChI=1S/C9H10.H2/c1-8(2)9-6-4-3-5-7-9;/h3-7H,1H2,2H3;1H. The van der Waals surface area contributed by atoms with Crippen LogP contribution in [0.4, 0.5) is 0 Å². The third-order valence-electron chi connectivity index (χ3n) is 1.27. The predicted molar refractivity (Wildman–Crippen MR) is 43.3 cm³/mol. The van der Waals surface area contributed by atoms with Crippen LogP contribution < -0.4 is 0 Å². The Kier molecular flexibility index (Phi) is 1.69. The first-order chi connectivity index (χ1) is 4.30. The summed E-state index contributed by atoms with van der Waals surface area (Å²) in [5, 5.41) is 0. The van der Waals surface area contributed by atoms with Crippen molar-refractivity contribution in [2.75, 3.05) is 0 Å². The summed E-state index contributed by atoms with van der Waals surface area (Å²) in [4.78, 5) is 0. The maximum absolute atomic E-state index is 3.83. The van der Waals surface area contributed by atoms with Gasteiger partial charge < -0.3 is 0 Å². The van der Waals surface area contributed by atoms with Crippen molar-refractivity contribution >= 4 is 5.57 Å². The lowest BCUT2D eigenvalue weighted by atomic mass is 10.1. The molecule has 0 aliphatic carbocycles. The molecule has 0 spiro atoms. The van der Waals surface area contributed by atoms with Crippen LogP contribution in [-0.4, -0.2) is 0 Å². The smallest absolute Gasteiger partial charge is 0 e. The molecule has 0 heterocycles. The summed E-state index contributed by atoms with van der Waals surface area (Å²) in [6.07, 6.45) is 0. The van der Waals surface area contributed by atoms with Gasteiger partial charge in [-0.3, -0.25) is 0 Å². The van der Waals surface area contributed by atoms with Crippen molar-refractivity contribution in [1.82, 2.24) is 0 Å². The first-order valence-electron chi connectivity index (χ1n) is 3.01. The number of allylic oxidation sites excluding steroid dienone is 1. The van der Waals surface area contributed by atoms with Crippen molar-refractivity contribution in [1.29, 1.82) is 0 Å². The van der Waals surface area contributed by atoms with Crippen LogP contribution in [0.5, 0.6) is 0 Å². The maximum atomic E-state index is 3.83. The first kappa shape index (κ1) is 6.09. The molecule has 0 N–H and O–H groups in total. The molecule has 0 fully saturated rings. The molecule has 0 aromatic heterocycles. The SMILES string of the molecule is C=C(C)c1ccccc1.[HH]. The zero-order valence-electron chi connectivity index (χ0n) is 5.59. The Morgan fingerprint density at radius 2 is 1.89 bits per heavy atom. The molecular weight excluding hydrogens is 108 g/mol. The van der Waals surface area contributed by atoms with Crippen molar-refractivity contribution in [3.05, 3.63) is 42.5 Å². The van der Waals surface area contributed by atoms with Crippen molar-refractivity contribution in [2.24, 2.45) is 0 Å². The predicted octanol–water partition coefficient (Wildman–Crippen LogP) is 2.97. The van der Waals surface area contributed by atoms with Gasteiger partial charge in [-0.25, -0.2) is 0 Å². The van der Waals surface area contributed by atoms with Gasteiger partial charge in [0.2, 0.25) is 0 Å². The Morgan fingerprint density at radius 1 is 1.33 bits per heavy atom. The van der Waals surface area contributed by atoms with Crippen molar-refractivity contribution < 1.29 is 1.43 Å². The summed E-state index contributed by atoms with van der Waals surface area (Å²) in [6, 6.07) is 10.2. The Hall–Kier alpha value is -1.04. The van der Waals surface area contributed by atoms with Gasteiger partial charge in [0.1, 0.15) is 0 Å². The van der Waals surface area contributed by atoms with Crippen LogP contribution in [0.15, 0.2) is 36.9 Å². The Balaban J connectivity index is 0.000000810. The molecular formula is C9H12. The van der Waals surface area contributed by atoms with E-state index in [0.717, 1.165) is 5.57 Å². The van der Waals surface area contributed by atoms with E-state index < -0.39 is 0 Å². The highest BCUT2D eigenvalue weighted by Gasteiger charge is 1.86. The fraction of sp³-hybridized carbons (Fsp3) is 0.111. The van der Waals surface area contributed by atoms with Crippen LogP contribution in [0.2, 0.25) is 0 Å². The van der Waals surface area contributed by atoms with Gasteiger partial charge in [-0.1, -0.05) is 42.5 Å². The Bertz CT molecular complexity index is 201. The third-order valence-corrected chi connectivity index (χ3v) is 1.27. The van der Waals surface area contributed by atoms with E-state index in [1.54, 1.807) is 0 Å². The zero-order chi connectivity index (χ0) is 6.69. The van der Waals surface area contributed by atoms with Crippen LogP contribution >= 0.6 is 0 Å². The summed E-state index contributed by atoms with van der Waals surface area (Å²) in [5.74, 6) is 0. The molecule has 0 amide bonds. The summed E-state index contributed by atoms with van der Waals surface area (Å²) < 4.78 is 0. The molecule has 0 bridgehead atoms. The molecule has 0 nitrogen and oxygen atoms in total. The lowest BCUT2D eigenvalue weighted by molar-refractivity contribution is 1.58. The molecule has 1 aromatic carbocycles. The van der Waals surface area contributed by atoms with E-state index in [-0.39, 0.29) is 1.43 Å². The molecule has 0 aliphatic rings. The summed E-state index contributed by atoms with van der Waals surface area (Å²) in [5.41, 5.74) is 2.34. The summed E-state index contributed by atoms with van der Waals surface area (Å²) in [6.45, 7) is 5.83. The summed E-state index contributed by atoms with van der Waals surface area (Å²) in [7, 11) is 0. The molecule has 0 saturated carbocycles. The van der Waals surface area contributed by atoms with Crippen LogP contribution in [0, 0.1) is 0 Å². The molecule has 48 valence electrons. The number of benzene rings is 1. The minimum atomic E-state index is 0. The number of hydrogen-bond acceptors (Lipinski definition) is 0. The van der Waals surface area contributed by atoms with E-state index in [0.29, 0.717) is 0 Å². The quantitative estimate of drug-likeness (QED) is 0.534. The first-order valence-corrected chi connectivity index (χ1v) is 3.01. The fourth-order valence-electron chi connectivity index (χ4n) is 0.723. The van der Waals surface area contributed by atoms with Gasteiger partial charge in [0.15, 0.2) is 0 Å². The third kappa shape index (κ3) is 1.43. The van der Waals surface area contributed by atoms with Gasteiger partial charge in [0.05, 0.1) is 0 Å². The van der Waals surface area contributed by atoms with Gasteiger partial charge in [0.25, 0.3) is 0 Å². The zero-order valence-corrected chi connectivity index (χ0v) is 5.59. The van der Waals surface area contributed by atoms with Gasteiger partial charge in [-0.2, -0.15) is 0 Å². The van der Waals surface area contributed by atoms with E-state index in [4.69, 9.17) is 0 Å². The molecule has 0 saturated heterocycles. The molecule has 1 rings (SSSR count). The lowest BCUT2D eigenvalue weighted by Gasteiger charge is -1.94. The monoisotopic (exact) mass is 120 g/mol. The van der Waals surface area contributed by atoms with Gasteiger partial charge >= 0.3 is 0 Å². The van der Waals surface area contributed by atoms with Crippen LogP contribution in [-0.2, 0) is 0 Å². The van der Waals surface area contributed by atoms with Crippen LogP contribution in [0.25, 0.3) is 5.57 Å². The van der Waals surface area contributed by atoms with E-state index >= 15 is 0 Å². The highest BCUT2D eigenvalue weighted by atomic mass is 13.9. The van der Waals surface area contributed by atoms with E-state index in [1.807, 2.05) is 25.1 Å². The highest BCUT2D eigenvalue weighted by molar-refractivity contribution is 5.60. The van der Waals surface area contributed by atoms with Gasteiger partial charge in [-0.15, -0.1) is 0 Å². The molecule has 0 unspecified atom stereocenters. The second-order valence-corrected chi connectivity index (χ2v) is 2.15. The second kappa shape index (κ2) is 2.49. The van der Waals surface area contributed by atoms with Crippen LogP contribution in [0.3, 0.4) is 0 Å². The normalized spacial score (nSPS) is 9.00. The highest BCUT2D eigenvalue weighted by Crippen LogP contribution is 2.08. The van der Waals surface area contributed by atoms with Crippen LogP contribution in [0.1, 0.15) is 13.9 Å². The minimum Gasteiger partial charge on any atom is -0.0955 e. The van der Waals surface area contributed by atoms with Gasteiger partial charge in [-0.05, 0) is 12.5 Å². The Labute approximate surface area is 57.3 Å². The van der Waals surface area contributed by atoms with E-state index in [1.165, 1.54) is 5.56 Å². The van der Waals surface area contributed by atoms with Crippen molar-refractivity contribution in [3.63, 3.8) is 0 Å². The molecule has 9 heavy (non-hydrogen) atoms.